The highest BCUT2D eigenvalue weighted by Gasteiger charge is 2.28. The highest BCUT2D eigenvalue weighted by Crippen LogP contribution is 2.34. The second-order valence-electron chi connectivity index (χ2n) is 8.16. The lowest BCUT2D eigenvalue weighted by Gasteiger charge is -2.26. The molecule has 1 aliphatic rings. The van der Waals surface area contributed by atoms with Gasteiger partial charge in [-0.2, -0.15) is 0 Å². The summed E-state index contributed by atoms with van der Waals surface area (Å²) in [6.45, 7) is 2.96. The molecule has 0 spiro atoms. The smallest absolute Gasteiger partial charge is 0.328 e. The van der Waals surface area contributed by atoms with Gasteiger partial charge in [-0.1, -0.05) is 6.07 Å². The molecule has 1 unspecified atom stereocenters. The molecule has 176 valence electrons. The van der Waals surface area contributed by atoms with E-state index in [1.165, 1.54) is 22.3 Å². The maximum absolute atomic E-state index is 12.6. The molecule has 1 saturated heterocycles. The van der Waals surface area contributed by atoms with E-state index in [0.29, 0.717) is 49.7 Å². The fourth-order valence-electron chi connectivity index (χ4n) is 4.20. The number of hydrogen-bond acceptors (Lipinski definition) is 8. The fraction of sp³-hybridized carbons (Fsp3) is 0.435. The van der Waals surface area contributed by atoms with Gasteiger partial charge in [-0.3, -0.25) is 23.6 Å². The van der Waals surface area contributed by atoms with Crippen LogP contribution < -0.4 is 11.1 Å². The third-order valence-electron chi connectivity index (χ3n) is 6.10. The molecule has 3 aromatic rings. The summed E-state index contributed by atoms with van der Waals surface area (Å²) in [7, 11) is 4.61. The highest BCUT2D eigenvalue weighted by atomic mass is 16.5. The van der Waals surface area contributed by atoms with E-state index in [9.17, 15) is 19.5 Å². The monoisotopic (exact) mass is 457 g/mol. The molecule has 1 fully saturated rings. The van der Waals surface area contributed by atoms with Gasteiger partial charge in [-0.15, -0.1) is 0 Å². The zero-order valence-electron chi connectivity index (χ0n) is 18.9. The molecular weight excluding hydrogens is 430 g/mol. The molecule has 2 aromatic heterocycles. The number of carbonyl (C=O) groups excluding carboxylic acids is 1. The number of rotatable bonds is 6. The number of imidazole rings is 1. The summed E-state index contributed by atoms with van der Waals surface area (Å²) >= 11 is 0. The molecule has 0 amide bonds. The number of nitrogens with zero attached hydrogens (tertiary/aromatic N) is 3. The van der Waals surface area contributed by atoms with Gasteiger partial charge in [0.1, 0.15) is 5.76 Å². The molecule has 3 heterocycles. The predicted octanol–water partition coefficient (Wildman–Crippen LogP) is 1.06. The van der Waals surface area contributed by atoms with E-state index < -0.39 is 23.1 Å². The summed E-state index contributed by atoms with van der Waals surface area (Å²) in [5, 5.41) is 10.6. The van der Waals surface area contributed by atoms with Crippen molar-refractivity contribution in [3.8, 4) is 5.75 Å². The van der Waals surface area contributed by atoms with Gasteiger partial charge >= 0.3 is 11.7 Å². The number of carbonyl (C=O) groups is 1. The van der Waals surface area contributed by atoms with Gasteiger partial charge in [0.25, 0.3) is 0 Å². The third kappa shape index (κ3) is 4.44. The number of aromatic nitrogens is 2. The van der Waals surface area contributed by atoms with Gasteiger partial charge in [0, 0.05) is 33.3 Å². The molecule has 1 atom stereocenters. The van der Waals surface area contributed by atoms with Crippen molar-refractivity contribution in [2.45, 2.75) is 18.9 Å². The Hall–Kier alpha value is -3.37. The summed E-state index contributed by atoms with van der Waals surface area (Å²) in [5.41, 5.74) is 1.21. The highest BCUT2D eigenvalue weighted by molar-refractivity contribution is 5.78. The zero-order chi connectivity index (χ0) is 23.7. The Morgan fingerprint density at radius 3 is 2.52 bits per heavy atom. The van der Waals surface area contributed by atoms with Gasteiger partial charge in [-0.25, -0.2) is 4.79 Å². The first kappa shape index (κ1) is 22.8. The second kappa shape index (κ2) is 9.24. The zero-order valence-corrected chi connectivity index (χ0v) is 18.9. The Morgan fingerprint density at radius 1 is 1.12 bits per heavy atom. The van der Waals surface area contributed by atoms with Crippen LogP contribution >= 0.6 is 0 Å². The first-order valence-corrected chi connectivity index (χ1v) is 10.7. The van der Waals surface area contributed by atoms with Gasteiger partial charge in [0.15, 0.2) is 5.76 Å². The van der Waals surface area contributed by atoms with Crippen molar-refractivity contribution in [2.24, 2.45) is 14.1 Å². The van der Waals surface area contributed by atoms with Crippen molar-refractivity contribution < 1.29 is 23.8 Å². The SMILES string of the molecule is COC(=O)CC(c1ccc2c(c1)n(C)c(=O)n2C)c1oc(CN2CCOCC2)cc(=O)c1O. The van der Waals surface area contributed by atoms with Crippen molar-refractivity contribution in [3.63, 3.8) is 0 Å². The number of aromatic hydroxyl groups is 1. The van der Waals surface area contributed by atoms with E-state index in [1.54, 1.807) is 32.3 Å². The Bertz CT molecular complexity index is 1300. The molecule has 0 saturated carbocycles. The van der Waals surface area contributed by atoms with Crippen LogP contribution in [0.2, 0.25) is 0 Å². The number of aryl methyl sites for hydroxylation is 2. The molecule has 0 aliphatic carbocycles. The average molecular weight is 457 g/mol. The first-order chi connectivity index (χ1) is 15.8. The lowest BCUT2D eigenvalue weighted by molar-refractivity contribution is -0.140. The molecule has 1 aromatic carbocycles. The Labute approximate surface area is 189 Å². The Kier molecular flexibility index (Phi) is 6.39. The molecule has 10 nitrogen and oxygen atoms in total. The van der Waals surface area contributed by atoms with E-state index >= 15 is 0 Å². The predicted molar refractivity (Wildman–Crippen MR) is 119 cm³/mol. The number of esters is 1. The van der Waals surface area contributed by atoms with Crippen molar-refractivity contribution in [1.29, 1.82) is 0 Å². The van der Waals surface area contributed by atoms with Crippen molar-refractivity contribution in [2.75, 3.05) is 33.4 Å². The van der Waals surface area contributed by atoms with Crippen LogP contribution in [-0.4, -0.2) is 58.5 Å². The number of hydrogen-bond donors (Lipinski definition) is 1. The number of fused-ring (bicyclic) bond motifs is 1. The van der Waals surface area contributed by atoms with E-state index in [4.69, 9.17) is 13.9 Å². The minimum absolute atomic E-state index is 0.00330. The van der Waals surface area contributed by atoms with E-state index in [2.05, 4.69) is 4.90 Å². The van der Waals surface area contributed by atoms with Crippen LogP contribution in [-0.2, 0) is 34.9 Å². The van der Waals surface area contributed by atoms with Crippen molar-refractivity contribution in [1.82, 2.24) is 14.0 Å². The molecule has 0 radical (unpaired) electrons. The molecule has 0 bridgehead atoms. The minimum Gasteiger partial charge on any atom is -0.502 e. The molecule has 1 N–H and O–H groups in total. The lowest BCUT2D eigenvalue weighted by Crippen LogP contribution is -2.35. The van der Waals surface area contributed by atoms with Crippen LogP contribution in [0.1, 0.15) is 29.4 Å². The molecule has 33 heavy (non-hydrogen) atoms. The second-order valence-corrected chi connectivity index (χ2v) is 8.16. The van der Waals surface area contributed by atoms with Gasteiger partial charge in [0.05, 0.1) is 50.2 Å². The minimum atomic E-state index is -0.783. The van der Waals surface area contributed by atoms with Crippen LogP contribution in [0.4, 0.5) is 0 Å². The quantitative estimate of drug-likeness (QED) is 0.547. The Morgan fingerprint density at radius 2 is 1.82 bits per heavy atom. The van der Waals surface area contributed by atoms with Crippen LogP contribution in [0.5, 0.6) is 5.75 Å². The molecule has 4 rings (SSSR count). The van der Waals surface area contributed by atoms with Gasteiger partial charge in [0.2, 0.25) is 11.2 Å². The Balaban J connectivity index is 1.81. The summed E-state index contributed by atoms with van der Waals surface area (Å²) < 4.78 is 19.3. The maximum Gasteiger partial charge on any atom is 0.328 e. The van der Waals surface area contributed by atoms with E-state index in [1.807, 2.05) is 0 Å². The first-order valence-electron chi connectivity index (χ1n) is 10.7. The lowest BCUT2D eigenvalue weighted by atomic mass is 9.91. The van der Waals surface area contributed by atoms with Crippen LogP contribution in [0.25, 0.3) is 11.0 Å². The van der Waals surface area contributed by atoms with Crippen LogP contribution in [0.3, 0.4) is 0 Å². The van der Waals surface area contributed by atoms with E-state index in [-0.39, 0.29) is 17.9 Å². The number of methoxy groups -OCH3 is 1. The standard InChI is InChI=1S/C23H27N3O7/c1-24-17-5-4-14(10-18(17)25(2)23(24)30)16(12-20(28)31-3)22-21(29)19(27)11-15(33-22)13-26-6-8-32-9-7-26/h4-5,10-11,16,29H,6-9,12-13H2,1-3H3. The summed E-state index contributed by atoms with van der Waals surface area (Å²) in [5.74, 6) is -1.47. The number of benzene rings is 1. The van der Waals surface area contributed by atoms with Crippen LogP contribution in [0.15, 0.2) is 38.3 Å². The summed E-state index contributed by atoms with van der Waals surface area (Å²) in [4.78, 5) is 39.3. The van der Waals surface area contributed by atoms with Crippen molar-refractivity contribution >= 4 is 17.0 Å². The fourth-order valence-corrected chi connectivity index (χ4v) is 4.20. The van der Waals surface area contributed by atoms with Gasteiger partial charge < -0.3 is 19.0 Å². The molecular formula is C23H27N3O7. The largest absolute Gasteiger partial charge is 0.502 e. The topological polar surface area (TPSA) is 116 Å². The number of ether oxygens (including phenoxy) is 2. The van der Waals surface area contributed by atoms with E-state index in [0.717, 1.165) is 5.52 Å². The molecule has 10 heteroatoms. The normalized spacial score (nSPS) is 15.6. The summed E-state index contributed by atoms with van der Waals surface area (Å²) in [6, 6.07) is 6.55. The third-order valence-corrected chi connectivity index (χ3v) is 6.10. The molecule has 1 aliphatic heterocycles. The number of morpholine rings is 1. The summed E-state index contributed by atoms with van der Waals surface area (Å²) in [6.07, 6.45) is -0.152. The maximum atomic E-state index is 12.6. The average Bonchev–Trinajstić information content (AvgIpc) is 3.04. The van der Waals surface area contributed by atoms with Gasteiger partial charge in [-0.05, 0) is 17.7 Å². The van der Waals surface area contributed by atoms with Crippen molar-refractivity contribution in [3.05, 3.63) is 62.1 Å². The van der Waals surface area contributed by atoms with Crippen LogP contribution in [0, 0.1) is 0 Å².